The first kappa shape index (κ1) is 14.3. The average molecular weight is 305 g/mol. The van der Waals surface area contributed by atoms with Crippen LogP contribution < -0.4 is 10.1 Å². The van der Waals surface area contributed by atoms with Crippen LogP contribution in [0.3, 0.4) is 0 Å². The van der Waals surface area contributed by atoms with Crippen molar-refractivity contribution < 1.29 is 9.47 Å². The van der Waals surface area contributed by atoms with Crippen molar-refractivity contribution in [2.24, 2.45) is 0 Å². The number of nitrogens with one attached hydrogen (secondary N) is 1. The Bertz CT molecular complexity index is 565. The summed E-state index contributed by atoms with van der Waals surface area (Å²) in [5.74, 6) is 0.854. The summed E-state index contributed by atoms with van der Waals surface area (Å²) in [6.07, 6.45) is 0. The van der Waals surface area contributed by atoms with E-state index in [4.69, 9.17) is 9.47 Å². The molecule has 1 aromatic carbocycles. The van der Waals surface area contributed by atoms with Gasteiger partial charge in [-0.15, -0.1) is 11.3 Å². The zero-order valence-electron chi connectivity index (χ0n) is 12.0. The maximum absolute atomic E-state index is 5.36. The van der Waals surface area contributed by atoms with E-state index in [0.717, 1.165) is 55.1 Å². The van der Waals surface area contributed by atoms with E-state index in [1.54, 1.807) is 18.4 Å². The molecule has 112 valence electrons. The van der Waals surface area contributed by atoms with Gasteiger partial charge in [0.25, 0.3) is 0 Å². The highest BCUT2D eigenvalue weighted by Gasteiger charge is 2.12. The number of morpholine rings is 1. The lowest BCUT2D eigenvalue weighted by Gasteiger charge is -2.25. The molecule has 0 saturated carbocycles. The molecule has 6 heteroatoms. The highest BCUT2D eigenvalue weighted by molar-refractivity contribution is 7.13. The number of anilines is 2. The predicted octanol–water partition coefficient (Wildman–Crippen LogP) is 2.73. The van der Waals surface area contributed by atoms with Crippen LogP contribution in [0.4, 0.5) is 10.8 Å². The van der Waals surface area contributed by atoms with E-state index >= 15 is 0 Å². The van der Waals surface area contributed by atoms with Crippen molar-refractivity contribution in [3.63, 3.8) is 0 Å². The second kappa shape index (κ2) is 6.89. The van der Waals surface area contributed by atoms with E-state index in [9.17, 15) is 0 Å². The van der Waals surface area contributed by atoms with E-state index in [2.05, 4.69) is 20.6 Å². The van der Waals surface area contributed by atoms with Crippen LogP contribution in [0.15, 0.2) is 29.6 Å². The molecular formula is C15H19N3O2S. The highest BCUT2D eigenvalue weighted by atomic mass is 32.1. The summed E-state index contributed by atoms with van der Waals surface area (Å²) in [7, 11) is 1.67. The van der Waals surface area contributed by atoms with E-state index < -0.39 is 0 Å². The second-order valence-electron chi connectivity index (χ2n) is 4.89. The van der Waals surface area contributed by atoms with Crippen molar-refractivity contribution in [2.75, 3.05) is 38.7 Å². The molecule has 1 N–H and O–H groups in total. The number of aromatic nitrogens is 1. The quantitative estimate of drug-likeness (QED) is 0.920. The summed E-state index contributed by atoms with van der Waals surface area (Å²) in [4.78, 5) is 7.01. The molecule has 2 heterocycles. The fourth-order valence-corrected chi connectivity index (χ4v) is 2.94. The third-order valence-electron chi connectivity index (χ3n) is 3.38. The van der Waals surface area contributed by atoms with E-state index in [1.807, 2.05) is 24.3 Å². The molecule has 2 aromatic rings. The molecule has 0 spiro atoms. The molecular weight excluding hydrogens is 286 g/mol. The molecule has 0 bridgehead atoms. The monoisotopic (exact) mass is 305 g/mol. The average Bonchev–Trinajstić information content (AvgIpc) is 2.96. The number of rotatable bonds is 5. The van der Waals surface area contributed by atoms with Gasteiger partial charge in [0.1, 0.15) is 5.75 Å². The topological polar surface area (TPSA) is 46.6 Å². The molecule has 0 aliphatic carbocycles. The maximum Gasteiger partial charge on any atom is 0.187 e. The molecule has 0 radical (unpaired) electrons. The van der Waals surface area contributed by atoms with Crippen molar-refractivity contribution in [1.29, 1.82) is 0 Å². The third kappa shape index (κ3) is 3.93. The number of hydrogen-bond donors (Lipinski definition) is 1. The minimum absolute atomic E-state index is 0.821. The van der Waals surface area contributed by atoms with Crippen LogP contribution in [-0.2, 0) is 11.3 Å². The molecule has 3 rings (SSSR count). The Morgan fingerprint density at radius 1 is 1.29 bits per heavy atom. The molecule has 1 saturated heterocycles. The van der Waals surface area contributed by atoms with Gasteiger partial charge in [0.15, 0.2) is 5.13 Å². The van der Waals surface area contributed by atoms with E-state index in [0.29, 0.717) is 0 Å². The van der Waals surface area contributed by atoms with Crippen molar-refractivity contribution in [2.45, 2.75) is 6.54 Å². The first-order valence-electron chi connectivity index (χ1n) is 6.99. The molecule has 0 atom stereocenters. The van der Waals surface area contributed by atoms with Gasteiger partial charge in [0.05, 0.1) is 26.0 Å². The Balaban J connectivity index is 1.58. The van der Waals surface area contributed by atoms with Crippen LogP contribution in [0, 0.1) is 0 Å². The summed E-state index contributed by atoms with van der Waals surface area (Å²) in [5, 5.41) is 6.35. The van der Waals surface area contributed by atoms with Gasteiger partial charge >= 0.3 is 0 Å². The van der Waals surface area contributed by atoms with Crippen LogP contribution in [0.2, 0.25) is 0 Å². The predicted molar refractivity (Wildman–Crippen MR) is 84.5 cm³/mol. The van der Waals surface area contributed by atoms with Crippen LogP contribution in [-0.4, -0.2) is 43.3 Å². The Morgan fingerprint density at radius 2 is 2.05 bits per heavy atom. The summed E-state index contributed by atoms with van der Waals surface area (Å²) >= 11 is 1.63. The SMILES string of the molecule is COc1ccc(Nc2nc(CN3CCOCC3)cs2)cc1. The minimum Gasteiger partial charge on any atom is -0.497 e. The largest absolute Gasteiger partial charge is 0.497 e. The van der Waals surface area contributed by atoms with Gasteiger partial charge < -0.3 is 14.8 Å². The third-order valence-corrected chi connectivity index (χ3v) is 4.19. The number of benzene rings is 1. The molecule has 1 aliphatic rings. The molecule has 5 nitrogen and oxygen atoms in total. The van der Waals surface area contributed by atoms with Crippen LogP contribution in [0.1, 0.15) is 5.69 Å². The number of ether oxygens (including phenoxy) is 2. The lowest BCUT2D eigenvalue weighted by atomic mass is 10.3. The lowest BCUT2D eigenvalue weighted by Crippen LogP contribution is -2.35. The van der Waals surface area contributed by atoms with Crippen molar-refractivity contribution in [3.05, 3.63) is 35.3 Å². The standard InChI is InChI=1S/C15H19N3O2S/c1-19-14-4-2-12(3-5-14)16-15-17-13(11-21-15)10-18-6-8-20-9-7-18/h2-5,11H,6-10H2,1H3,(H,16,17). The molecule has 1 aliphatic heterocycles. The fourth-order valence-electron chi connectivity index (χ4n) is 2.22. The second-order valence-corrected chi connectivity index (χ2v) is 5.74. The molecule has 0 unspecified atom stereocenters. The number of hydrogen-bond acceptors (Lipinski definition) is 6. The zero-order valence-corrected chi connectivity index (χ0v) is 12.9. The fraction of sp³-hybridized carbons (Fsp3) is 0.400. The summed E-state index contributed by atoms with van der Waals surface area (Å²) in [5.41, 5.74) is 2.13. The van der Waals surface area contributed by atoms with Crippen molar-refractivity contribution in [1.82, 2.24) is 9.88 Å². The van der Waals surface area contributed by atoms with Gasteiger partial charge in [-0.1, -0.05) is 0 Å². The van der Waals surface area contributed by atoms with Gasteiger partial charge in [-0.05, 0) is 24.3 Å². The number of methoxy groups -OCH3 is 1. The molecule has 0 amide bonds. The van der Waals surface area contributed by atoms with Crippen molar-refractivity contribution in [3.8, 4) is 5.75 Å². The Hall–Kier alpha value is -1.63. The van der Waals surface area contributed by atoms with Gasteiger partial charge in [-0.3, -0.25) is 4.90 Å². The van der Waals surface area contributed by atoms with Gasteiger partial charge in [0.2, 0.25) is 0 Å². The summed E-state index contributed by atoms with van der Waals surface area (Å²) < 4.78 is 10.5. The van der Waals surface area contributed by atoms with Gasteiger partial charge in [0, 0.05) is 30.7 Å². The molecule has 1 fully saturated rings. The Morgan fingerprint density at radius 3 is 2.76 bits per heavy atom. The number of nitrogens with zero attached hydrogens (tertiary/aromatic N) is 2. The number of thiazole rings is 1. The van der Waals surface area contributed by atoms with Gasteiger partial charge in [-0.2, -0.15) is 0 Å². The van der Waals surface area contributed by atoms with Crippen molar-refractivity contribution >= 4 is 22.2 Å². The Labute approximate surface area is 128 Å². The normalized spacial score (nSPS) is 15.9. The van der Waals surface area contributed by atoms with Crippen LogP contribution in [0.25, 0.3) is 0 Å². The van der Waals surface area contributed by atoms with Crippen LogP contribution >= 0.6 is 11.3 Å². The first-order chi connectivity index (χ1) is 10.3. The zero-order chi connectivity index (χ0) is 14.5. The minimum atomic E-state index is 0.821. The maximum atomic E-state index is 5.36. The van der Waals surface area contributed by atoms with Crippen LogP contribution in [0.5, 0.6) is 5.75 Å². The summed E-state index contributed by atoms with van der Waals surface area (Å²) in [6.45, 7) is 4.50. The first-order valence-corrected chi connectivity index (χ1v) is 7.87. The highest BCUT2D eigenvalue weighted by Crippen LogP contribution is 2.23. The van der Waals surface area contributed by atoms with Gasteiger partial charge in [-0.25, -0.2) is 4.98 Å². The molecule has 21 heavy (non-hydrogen) atoms. The van der Waals surface area contributed by atoms with E-state index in [1.165, 1.54) is 0 Å². The summed E-state index contributed by atoms with van der Waals surface area (Å²) in [6, 6.07) is 7.85. The Kier molecular flexibility index (Phi) is 4.69. The smallest absolute Gasteiger partial charge is 0.187 e. The lowest BCUT2D eigenvalue weighted by molar-refractivity contribution is 0.0337. The molecule has 1 aromatic heterocycles. The van der Waals surface area contributed by atoms with E-state index in [-0.39, 0.29) is 0 Å².